The molecular weight excluding hydrogens is 232 g/mol. The first-order chi connectivity index (χ1) is 9.15. The van der Waals surface area contributed by atoms with Gasteiger partial charge in [-0.3, -0.25) is 0 Å². The zero-order valence-corrected chi connectivity index (χ0v) is 13.3. The highest BCUT2D eigenvalue weighted by atomic mass is 16.5. The molecule has 0 spiro atoms. The number of benzene rings is 1. The smallest absolute Gasteiger partial charge is 0.130 e. The molecule has 0 heterocycles. The van der Waals surface area contributed by atoms with E-state index in [0.717, 1.165) is 22.6 Å². The van der Waals surface area contributed by atoms with Crippen LogP contribution in [-0.2, 0) is 0 Å². The topological polar surface area (TPSA) is 9.23 Å². The molecule has 1 heteroatoms. The van der Waals surface area contributed by atoms with Crippen LogP contribution in [0.4, 0.5) is 0 Å². The molecule has 0 saturated carbocycles. The first-order valence-corrected chi connectivity index (χ1v) is 6.87. The average molecular weight is 260 g/mol. The second-order valence-corrected chi connectivity index (χ2v) is 3.41. The summed E-state index contributed by atoms with van der Waals surface area (Å²) in [7, 11) is 0. The Morgan fingerprint density at radius 3 is 2.05 bits per heavy atom. The number of para-hydroxylation sites is 1. The van der Waals surface area contributed by atoms with E-state index in [9.17, 15) is 0 Å². The molecule has 0 unspecified atom stereocenters. The molecule has 0 bridgehead atoms. The van der Waals surface area contributed by atoms with Crippen LogP contribution in [0, 0.1) is 6.92 Å². The first kappa shape index (κ1) is 19.6. The molecule has 1 aromatic rings. The summed E-state index contributed by atoms with van der Waals surface area (Å²) in [4.78, 5) is 0. The van der Waals surface area contributed by atoms with E-state index < -0.39 is 0 Å². The monoisotopic (exact) mass is 260 g/mol. The number of aryl methyl sites for hydroxylation is 1. The third kappa shape index (κ3) is 8.04. The van der Waals surface area contributed by atoms with Gasteiger partial charge in [-0.2, -0.15) is 0 Å². The Bertz CT molecular complexity index is 400. The maximum Gasteiger partial charge on any atom is 0.130 e. The second-order valence-electron chi connectivity index (χ2n) is 3.41. The van der Waals surface area contributed by atoms with Crippen molar-refractivity contribution in [3.63, 3.8) is 0 Å². The third-order valence-corrected chi connectivity index (χ3v) is 2.00. The number of ether oxygens (including phenoxy) is 1. The Labute approximate surface area is 119 Å². The largest absolute Gasteiger partial charge is 0.457 e. The Morgan fingerprint density at radius 1 is 1.11 bits per heavy atom. The van der Waals surface area contributed by atoms with E-state index in [1.807, 2.05) is 71.9 Å². The van der Waals surface area contributed by atoms with Crippen molar-refractivity contribution in [2.45, 2.75) is 41.5 Å². The summed E-state index contributed by atoms with van der Waals surface area (Å²) in [5.41, 5.74) is 1.99. The molecule has 0 atom stereocenters. The third-order valence-electron chi connectivity index (χ3n) is 2.00. The van der Waals surface area contributed by atoms with Crippen molar-refractivity contribution < 1.29 is 4.74 Å². The van der Waals surface area contributed by atoms with Gasteiger partial charge in [-0.1, -0.05) is 65.1 Å². The number of rotatable bonds is 4. The summed E-state index contributed by atoms with van der Waals surface area (Å²) in [6.45, 7) is 19.4. The van der Waals surface area contributed by atoms with Crippen LogP contribution in [0.15, 0.2) is 60.9 Å². The lowest BCUT2D eigenvalue weighted by Crippen LogP contribution is -1.97. The minimum absolute atomic E-state index is 0.749. The number of hydrogen-bond donors (Lipinski definition) is 0. The molecule has 0 fully saturated rings. The van der Waals surface area contributed by atoms with E-state index in [0.29, 0.717) is 0 Å². The zero-order valence-electron chi connectivity index (χ0n) is 13.3. The Balaban J connectivity index is 0. The van der Waals surface area contributed by atoms with E-state index in [1.165, 1.54) is 0 Å². The van der Waals surface area contributed by atoms with Crippen molar-refractivity contribution in [1.29, 1.82) is 0 Å². The molecule has 0 radical (unpaired) electrons. The lowest BCUT2D eigenvalue weighted by atomic mass is 10.2. The van der Waals surface area contributed by atoms with Crippen LogP contribution in [0.3, 0.4) is 0 Å². The summed E-state index contributed by atoms with van der Waals surface area (Å²) < 4.78 is 5.74. The molecule has 1 rings (SSSR count). The van der Waals surface area contributed by atoms with Crippen LogP contribution in [0.2, 0.25) is 0 Å². The highest BCUT2D eigenvalue weighted by Gasteiger charge is 2.02. The van der Waals surface area contributed by atoms with Gasteiger partial charge in [0.1, 0.15) is 11.5 Å². The van der Waals surface area contributed by atoms with Crippen LogP contribution in [0.25, 0.3) is 0 Å². The maximum absolute atomic E-state index is 5.74. The fourth-order valence-electron chi connectivity index (χ4n) is 1.16. The van der Waals surface area contributed by atoms with Gasteiger partial charge in [-0.15, -0.1) is 0 Å². The van der Waals surface area contributed by atoms with Gasteiger partial charge in [0.15, 0.2) is 0 Å². The quantitative estimate of drug-likeness (QED) is 0.471. The van der Waals surface area contributed by atoms with E-state index in [-0.39, 0.29) is 0 Å². The predicted octanol–water partition coefficient (Wildman–Crippen LogP) is 6.07. The average Bonchev–Trinajstić information content (AvgIpc) is 2.45. The van der Waals surface area contributed by atoms with Gasteiger partial charge >= 0.3 is 0 Å². The molecule has 0 aromatic heterocycles. The molecule has 1 aromatic carbocycles. The highest BCUT2D eigenvalue weighted by molar-refractivity contribution is 5.36. The number of hydrogen-bond acceptors (Lipinski definition) is 1. The number of allylic oxidation sites excluding steroid dienone is 3. The van der Waals surface area contributed by atoms with Crippen molar-refractivity contribution in [3.8, 4) is 5.75 Å². The molecule has 0 saturated heterocycles. The molecule has 1 nitrogen and oxygen atoms in total. The van der Waals surface area contributed by atoms with E-state index in [4.69, 9.17) is 4.74 Å². The summed E-state index contributed by atoms with van der Waals surface area (Å²) in [5, 5.41) is 0. The van der Waals surface area contributed by atoms with Gasteiger partial charge in [0.25, 0.3) is 0 Å². The SMILES string of the molecule is C=C/C=C(/Oc1ccccc1C)C(=C)C.CC.CC. The lowest BCUT2D eigenvalue weighted by Gasteiger charge is -2.11. The van der Waals surface area contributed by atoms with Gasteiger partial charge in [0.05, 0.1) is 0 Å². The first-order valence-electron chi connectivity index (χ1n) is 6.87. The van der Waals surface area contributed by atoms with Crippen molar-refractivity contribution in [1.82, 2.24) is 0 Å². The Hall–Kier alpha value is -1.76. The molecular formula is C18H28O. The van der Waals surface area contributed by atoms with Gasteiger partial charge in [0, 0.05) is 0 Å². The van der Waals surface area contributed by atoms with Crippen molar-refractivity contribution in [3.05, 3.63) is 66.5 Å². The van der Waals surface area contributed by atoms with Crippen LogP contribution in [-0.4, -0.2) is 0 Å². The highest BCUT2D eigenvalue weighted by Crippen LogP contribution is 2.21. The normalized spacial score (nSPS) is 9.26. The van der Waals surface area contributed by atoms with Crippen LogP contribution < -0.4 is 4.74 Å². The fourth-order valence-corrected chi connectivity index (χ4v) is 1.16. The summed E-state index contributed by atoms with van der Waals surface area (Å²) in [6, 6.07) is 7.89. The lowest BCUT2D eigenvalue weighted by molar-refractivity contribution is 0.433. The summed E-state index contributed by atoms with van der Waals surface area (Å²) in [6.07, 6.45) is 3.51. The van der Waals surface area contributed by atoms with Gasteiger partial charge in [0.2, 0.25) is 0 Å². The molecule has 0 aliphatic rings. The zero-order chi connectivity index (χ0) is 15.3. The minimum Gasteiger partial charge on any atom is -0.457 e. The van der Waals surface area contributed by atoms with Crippen LogP contribution in [0.5, 0.6) is 5.75 Å². The van der Waals surface area contributed by atoms with Gasteiger partial charge in [-0.05, 0) is 37.1 Å². The Kier molecular flexibility index (Phi) is 13.1. The van der Waals surface area contributed by atoms with Crippen molar-refractivity contribution in [2.75, 3.05) is 0 Å². The second kappa shape index (κ2) is 12.7. The molecule has 0 aliphatic heterocycles. The van der Waals surface area contributed by atoms with Gasteiger partial charge < -0.3 is 4.74 Å². The predicted molar refractivity (Wildman–Crippen MR) is 87.6 cm³/mol. The fraction of sp³-hybridized carbons (Fsp3) is 0.333. The van der Waals surface area contributed by atoms with Crippen molar-refractivity contribution in [2.24, 2.45) is 0 Å². The maximum atomic E-state index is 5.74. The van der Waals surface area contributed by atoms with E-state index >= 15 is 0 Å². The summed E-state index contributed by atoms with van der Waals surface area (Å²) >= 11 is 0. The van der Waals surface area contributed by atoms with E-state index in [2.05, 4.69) is 13.2 Å². The van der Waals surface area contributed by atoms with Gasteiger partial charge in [-0.25, -0.2) is 0 Å². The molecule has 0 aliphatic carbocycles. The summed E-state index contributed by atoms with van der Waals surface area (Å²) in [5.74, 6) is 1.60. The molecule has 0 N–H and O–H groups in total. The molecule has 0 amide bonds. The Morgan fingerprint density at radius 2 is 1.63 bits per heavy atom. The van der Waals surface area contributed by atoms with Crippen LogP contribution >= 0.6 is 0 Å². The van der Waals surface area contributed by atoms with E-state index in [1.54, 1.807) is 6.08 Å². The molecule has 19 heavy (non-hydrogen) atoms. The standard InChI is InChI=1S/C14H16O.2C2H6/c1-5-8-13(11(2)3)15-14-10-7-6-9-12(14)4;2*1-2/h5-10H,1-2H2,3-4H3;2*1-2H3/b13-8+;;. The minimum atomic E-state index is 0.749. The molecule has 106 valence electrons. The van der Waals surface area contributed by atoms with Crippen molar-refractivity contribution >= 4 is 0 Å². The van der Waals surface area contributed by atoms with Crippen LogP contribution in [0.1, 0.15) is 40.2 Å².